The van der Waals surface area contributed by atoms with Crippen molar-refractivity contribution in [2.24, 2.45) is 0 Å². The molecule has 6 heteroatoms. The van der Waals surface area contributed by atoms with E-state index >= 15 is 0 Å². The number of anilines is 2. The van der Waals surface area contributed by atoms with Gasteiger partial charge in [0.1, 0.15) is 0 Å². The van der Waals surface area contributed by atoms with E-state index in [0.29, 0.717) is 0 Å². The van der Waals surface area contributed by atoms with Crippen LogP contribution in [0.25, 0.3) is 10.9 Å². The van der Waals surface area contributed by atoms with Gasteiger partial charge in [-0.2, -0.15) is 5.10 Å². The van der Waals surface area contributed by atoms with Gasteiger partial charge in [0, 0.05) is 17.8 Å². The number of aromatic amines is 1. The third kappa shape index (κ3) is 1.91. The molecule has 3 N–H and O–H groups in total. The molecule has 0 aliphatic heterocycles. The zero-order valence-corrected chi connectivity index (χ0v) is 10.7. The highest BCUT2D eigenvalue weighted by Gasteiger charge is 2.09. The summed E-state index contributed by atoms with van der Waals surface area (Å²) < 4.78 is 0. The molecule has 2 aromatic heterocycles. The lowest BCUT2D eigenvalue weighted by molar-refractivity contribution is 0.897. The minimum atomic E-state index is 0.743. The fourth-order valence-electron chi connectivity index (χ4n) is 1.97. The van der Waals surface area contributed by atoms with E-state index in [9.17, 15) is 0 Å². The van der Waals surface area contributed by atoms with E-state index in [-0.39, 0.29) is 0 Å². The van der Waals surface area contributed by atoms with Crippen LogP contribution in [-0.4, -0.2) is 22.2 Å². The van der Waals surface area contributed by atoms with Crippen LogP contribution in [0, 0.1) is 0 Å². The molecule has 0 bridgehead atoms. The summed E-state index contributed by atoms with van der Waals surface area (Å²) in [5.74, 6) is 0. The number of thiazole rings is 1. The van der Waals surface area contributed by atoms with Crippen LogP contribution < -0.4 is 10.6 Å². The van der Waals surface area contributed by atoms with Gasteiger partial charge in [0.25, 0.3) is 0 Å². The number of nitrogen functional groups attached to an aromatic ring is 1. The van der Waals surface area contributed by atoms with Gasteiger partial charge in [0.05, 0.1) is 40.8 Å². The van der Waals surface area contributed by atoms with E-state index in [1.165, 1.54) is 0 Å². The third-order valence-electron chi connectivity index (χ3n) is 2.88. The summed E-state index contributed by atoms with van der Waals surface area (Å²) in [6.45, 7) is 0.743. The highest BCUT2D eigenvalue weighted by Crippen LogP contribution is 2.28. The summed E-state index contributed by atoms with van der Waals surface area (Å²) in [6, 6.07) is 3.95. The monoisotopic (exact) mass is 259 g/mol. The lowest BCUT2D eigenvalue weighted by atomic mass is 10.2. The molecule has 92 valence electrons. The molecule has 0 aliphatic carbocycles. The van der Waals surface area contributed by atoms with E-state index in [4.69, 9.17) is 5.73 Å². The molecule has 0 fully saturated rings. The molecule has 3 aromatic rings. The van der Waals surface area contributed by atoms with Crippen molar-refractivity contribution < 1.29 is 0 Å². The molecule has 0 aliphatic rings. The number of benzene rings is 1. The SMILES string of the molecule is CN(Cc1cscn1)c1cc2[nH]ncc2cc1N. The number of hydrogen-bond acceptors (Lipinski definition) is 5. The number of nitrogens with two attached hydrogens (primary N) is 1. The molecule has 0 atom stereocenters. The van der Waals surface area contributed by atoms with Gasteiger partial charge in [-0.05, 0) is 12.1 Å². The Morgan fingerprint density at radius 1 is 1.44 bits per heavy atom. The quantitative estimate of drug-likeness (QED) is 0.708. The molecule has 1 aromatic carbocycles. The molecule has 18 heavy (non-hydrogen) atoms. The topological polar surface area (TPSA) is 70.8 Å². The first-order chi connectivity index (χ1) is 8.74. The molecular formula is C12H13N5S. The number of fused-ring (bicyclic) bond motifs is 1. The Morgan fingerprint density at radius 2 is 2.33 bits per heavy atom. The van der Waals surface area contributed by atoms with Crippen molar-refractivity contribution in [1.82, 2.24) is 15.2 Å². The normalized spacial score (nSPS) is 10.9. The van der Waals surface area contributed by atoms with Gasteiger partial charge < -0.3 is 10.6 Å². The van der Waals surface area contributed by atoms with Gasteiger partial charge in [0.15, 0.2) is 0 Å². The second kappa shape index (κ2) is 4.30. The van der Waals surface area contributed by atoms with Gasteiger partial charge in [0.2, 0.25) is 0 Å². The second-order valence-electron chi connectivity index (χ2n) is 4.20. The Hall–Kier alpha value is -2.08. The van der Waals surface area contributed by atoms with Crippen LogP contribution in [-0.2, 0) is 6.54 Å². The largest absolute Gasteiger partial charge is 0.397 e. The predicted octanol–water partition coefficient (Wildman–Crippen LogP) is 2.24. The van der Waals surface area contributed by atoms with Gasteiger partial charge in [-0.25, -0.2) is 4.98 Å². The van der Waals surface area contributed by atoms with E-state index < -0.39 is 0 Å². The molecule has 0 saturated heterocycles. The summed E-state index contributed by atoms with van der Waals surface area (Å²) in [5, 5.41) is 10.0. The first kappa shape index (κ1) is 11.0. The number of aromatic nitrogens is 3. The number of nitrogens with zero attached hydrogens (tertiary/aromatic N) is 3. The molecule has 3 rings (SSSR count). The Balaban J connectivity index is 1.94. The van der Waals surface area contributed by atoms with Gasteiger partial charge >= 0.3 is 0 Å². The van der Waals surface area contributed by atoms with Crippen molar-refractivity contribution in [3.63, 3.8) is 0 Å². The van der Waals surface area contributed by atoms with E-state index in [1.807, 2.05) is 30.1 Å². The number of rotatable bonds is 3. The van der Waals surface area contributed by atoms with E-state index in [2.05, 4.69) is 20.1 Å². The van der Waals surface area contributed by atoms with E-state index in [1.54, 1.807) is 17.5 Å². The molecule has 0 amide bonds. The molecular weight excluding hydrogens is 246 g/mol. The van der Waals surface area contributed by atoms with Crippen LogP contribution in [0.1, 0.15) is 5.69 Å². The minimum absolute atomic E-state index is 0.743. The maximum absolute atomic E-state index is 6.07. The molecule has 5 nitrogen and oxygen atoms in total. The average Bonchev–Trinajstić information content (AvgIpc) is 2.98. The minimum Gasteiger partial charge on any atom is -0.397 e. The summed E-state index contributed by atoms with van der Waals surface area (Å²) in [5.41, 5.74) is 11.7. The zero-order chi connectivity index (χ0) is 12.5. The summed E-state index contributed by atoms with van der Waals surface area (Å²) >= 11 is 1.60. The molecule has 0 unspecified atom stereocenters. The predicted molar refractivity (Wildman–Crippen MR) is 74.7 cm³/mol. The summed E-state index contributed by atoms with van der Waals surface area (Å²) in [6.07, 6.45) is 1.77. The lowest BCUT2D eigenvalue weighted by Gasteiger charge is -2.20. The van der Waals surface area contributed by atoms with Crippen molar-refractivity contribution in [3.8, 4) is 0 Å². The van der Waals surface area contributed by atoms with Crippen LogP contribution in [0.15, 0.2) is 29.2 Å². The van der Waals surface area contributed by atoms with Crippen LogP contribution in [0.2, 0.25) is 0 Å². The Bertz CT molecular complexity index is 658. The smallest absolute Gasteiger partial charge is 0.0795 e. The molecule has 0 radical (unpaired) electrons. The maximum atomic E-state index is 6.07. The van der Waals surface area contributed by atoms with Gasteiger partial charge in [-0.3, -0.25) is 5.10 Å². The number of hydrogen-bond donors (Lipinski definition) is 2. The Morgan fingerprint density at radius 3 is 3.11 bits per heavy atom. The zero-order valence-electron chi connectivity index (χ0n) is 9.92. The van der Waals surface area contributed by atoms with Crippen molar-refractivity contribution in [2.75, 3.05) is 17.7 Å². The fraction of sp³-hybridized carbons (Fsp3) is 0.167. The lowest BCUT2D eigenvalue weighted by Crippen LogP contribution is -2.17. The molecule has 0 spiro atoms. The van der Waals surface area contributed by atoms with Crippen LogP contribution >= 0.6 is 11.3 Å². The van der Waals surface area contributed by atoms with Crippen LogP contribution in [0.4, 0.5) is 11.4 Å². The molecule has 0 saturated carbocycles. The average molecular weight is 259 g/mol. The highest BCUT2D eigenvalue weighted by atomic mass is 32.1. The second-order valence-corrected chi connectivity index (χ2v) is 4.92. The summed E-state index contributed by atoms with van der Waals surface area (Å²) in [7, 11) is 2.01. The maximum Gasteiger partial charge on any atom is 0.0795 e. The fourth-order valence-corrected chi connectivity index (χ4v) is 2.52. The summed E-state index contributed by atoms with van der Waals surface area (Å²) in [4.78, 5) is 6.37. The van der Waals surface area contributed by atoms with E-state index in [0.717, 1.165) is 34.5 Å². The Labute approximate surface area is 108 Å². The van der Waals surface area contributed by atoms with Crippen LogP contribution in [0.5, 0.6) is 0 Å². The van der Waals surface area contributed by atoms with Crippen molar-refractivity contribution in [3.05, 3.63) is 34.9 Å². The highest BCUT2D eigenvalue weighted by molar-refractivity contribution is 7.07. The van der Waals surface area contributed by atoms with Crippen molar-refractivity contribution in [2.45, 2.75) is 6.54 Å². The molecule has 2 heterocycles. The first-order valence-corrected chi connectivity index (χ1v) is 6.49. The Kier molecular flexibility index (Phi) is 2.64. The van der Waals surface area contributed by atoms with Crippen molar-refractivity contribution >= 4 is 33.6 Å². The van der Waals surface area contributed by atoms with Crippen LogP contribution in [0.3, 0.4) is 0 Å². The van der Waals surface area contributed by atoms with Crippen molar-refractivity contribution in [1.29, 1.82) is 0 Å². The third-order valence-corrected chi connectivity index (χ3v) is 3.52. The first-order valence-electron chi connectivity index (χ1n) is 5.55. The van der Waals surface area contributed by atoms with Gasteiger partial charge in [-0.1, -0.05) is 0 Å². The standard InChI is InChI=1S/C12H13N5S/c1-17(5-9-6-18-7-14-9)12-3-11-8(2-10(12)13)4-15-16-11/h2-4,6-7H,5,13H2,1H3,(H,15,16). The number of nitrogens with one attached hydrogen (secondary N) is 1. The number of H-pyrrole nitrogens is 1. The van der Waals surface area contributed by atoms with Gasteiger partial charge in [-0.15, -0.1) is 11.3 Å².